The van der Waals surface area contributed by atoms with E-state index in [4.69, 9.17) is 0 Å². The lowest BCUT2D eigenvalue weighted by atomic mass is 10.0. The second-order valence-corrected chi connectivity index (χ2v) is 3.86. The second kappa shape index (κ2) is 4.99. The summed E-state index contributed by atoms with van der Waals surface area (Å²) in [5, 5.41) is 9.34. The number of halogens is 5. The van der Waals surface area contributed by atoms with Crippen LogP contribution in [0.1, 0.15) is 0 Å². The zero-order valence-corrected chi connectivity index (χ0v) is 9.71. The molecule has 0 fully saturated rings. The molecule has 0 aliphatic carbocycles. The minimum Gasteiger partial charge on any atom is -0.508 e. The Labute approximate surface area is 110 Å². The molecule has 7 heteroatoms. The van der Waals surface area contributed by atoms with Gasteiger partial charge in [0.05, 0.1) is 5.56 Å². The number of aromatic hydroxyl groups is 1. The third kappa shape index (κ3) is 3.17. The molecule has 20 heavy (non-hydrogen) atoms. The van der Waals surface area contributed by atoms with Crippen molar-refractivity contribution in [1.29, 1.82) is 0 Å². The summed E-state index contributed by atoms with van der Waals surface area (Å²) in [5.74, 6) is -3.30. The van der Waals surface area contributed by atoms with E-state index in [0.29, 0.717) is 6.07 Å². The molecule has 0 aliphatic rings. The van der Waals surface area contributed by atoms with Crippen molar-refractivity contribution >= 4 is 0 Å². The predicted octanol–water partition coefficient (Wildman–Crippen LogP) is 4.24. The van der Waals surface area contributed by atoms with Gasteiger partial charge < -0.3 is 9.84 Å². The Kier molecular flexibility index (Phi) is 3.52. The molecule has 0 heterocycles. The summed E-state index contributed by atoms with van der Waals surface area (Å²) in [7, 11) is 0. The van der Waals surface area contributed by atoms with Gasteiger partial charge in [-0.25, -0.2) is 8.78 Å². The summed E-state index contributed by atoms with van der Waals surface area (Å²) in [4.78, 5) is 0. The van der Waals surface area contributed by atoms with Crippen LogP contribution in [0.3, 0.4) is 0 Å². The number of hydrogen-bond acceptors (Lipinski definition) is 2. The van der Waals surface area contributed by atoms with Gasteiger partial charge in [-0.15, -0.1) is 13.2 Å². The molecule has 0 atom stereocenters. The van der Waals surface area contributed by atoms with E-state index in [1.807, 2.05) is 0 Å². The second-order valence-electron chi connectivity index (χ2n) is 3.86. The first-order valence-electron chi connectivity index (χ1n) is 5.30. The maximum atomic E-state index is 13.6. The number of ether oxygens (including phenoxy) is 1. The highest BCUT2D eigenvalue weighted by molar-refractivity contribution is 5.68. The number of hydrogen-bond donors (Lipinski definition) is 1. The first-order chi connectivity index (χ1) is 9.26. The molecule has 2 aromatic rings. The van der Waals surface area contributed by atoms with Gasteiger partial charge in [0.15, 0.2) is 0 Å². The predicted molar refractivity (Wildman–Crippen MR) is 60.1 cm³/mol. The van der Waals surface area contributed by atoms with E-state index in [0.717, 1.165) is 30.3 Å². The van der Waals surface area contributed by atoms with E-state index in [9.17, 15) is 27.1 Å². The van der Waals surface area contributed by atoms with Gasteiger partial charge in [-0.2, -0.15) is 0 Å². The average molecular weight is 290 g/mol. The van der Waals surface area contributed by atoms with Crippen LogP contribution in [0.4, 0.5) is 22.0 Å². The lowest BCUT2D eigenvalue weighted by Crippen LogP contribution is -2.17. The maximum Gasteiger partial charge on any atom is 0.573 e. The smallest absolute Gasteiger partial charge is 0.508 e. The van der Waals surface area contributed by atoms with Crippen molar-refractivity contribution in [2.45, 2.75) is 6.36 Å². The average Bonchev–Trinajstić information content (AvgIpc) is 2.25. The molecular weight excluding hydrogens is 283 g/mol. The van der Waals surface area contributed by atoms with Gasteiger partial charge in [0.1, 0.15) is 23.1 Å². The fraction of sp³-hybridized carbons (Fsp3) is 0.0769. The molecule has 0 radical (unpaired) electrons. The Morgan fingerprint density at radius 1 is 0.950 bits per heavy atom. The largest absolute Gasteiger partial charge is 0.573 e. The van der Waals surface area contributed by atoms with Crippen LogP contribution in [-0.2, 0) is 0 Å². The van der Waals surface area contributed by atoms with Crippen LogP contribution >= 0.6 is 0 Å². The Bertz CT molecular complexity index is 617. The third-order valence-electron chi connectivity index (χ3n) is 2.38. The topological polar surface area (TPSA) is 29.5 Å². The Morgan fingerprint density at radius 3 is 2.10 bits per heavy atom. The Balaban J connectivity index is 2.53. The molecule has 0 spiro atoms. The van der Waals surface area contributed by atoms with Crippen molar-refractivity contribution in [1.82, 2.24) is 0 Å². The van der Waals surface area contributed by atoms with E-state index in [-0.39, 0.29) is 5.56 Å². The van der Waals surface area contributed by atoms with Crippen LogP contribution in [-0.4, -0.2) is 11.5 Å². The fourth-order valence-corrected chi connectivity index (χ4v) is 1.69. The van der Waals surface area contributed by atoms with Gasteiger partial charge in [-0.1, -0.05) is 6.07 Å². The number of phenols is 1. The third-order valence-corrected chi connectivity index (χ3v) is 2.38. The standard InChI is InChI=1S/C13H7F5O2/c14-10-2-1-3-11(15)12(10)7-4-8(19)6-9(5-7)20-13(16,17)18/h1-6,19H. The fourth-order valence-electron chi connectivity index (χ4n) is 1.69. The van der Waals surface area contributed by atoms with Crippen molar-refractivity contribution in [3.05, 3.63) is 48.0 Å². The number of rotatable bonds is 2. The summed E-state index contributed by atoms with van der Waals surface area (Å²) >= 11 is 0. The molecule has 106 valence electrons. The van der Waals surface area contributed by atoms with E-state index in [1.165, 1.54) is 0 Å². The quantitative estimate of drug-likeness (QED) is 0.838. The normalized spacial score (nSPS) is 11.4. The molecule has 0 unspecified atom stereocenters. The Hall–Kier alpha value is -2.31. The summed E-state index contributed by atoms with van der Waals surface area (Å²) in [6, 6.07) is 5.43. The summed E-state index contributed by atoms with van der Waals surface area (Å²) in [6.45, 7) is 0. The molecule has 2 aromatic carbocycles. The summed E-state index contributed by atoms with van der Waals surface area (Å²) in [5.41, 5.74) is -0.810. The monoisotopic (exact) mass is 290 g/mol. The molecule has 0 saturated heterocycles. The van der Waals surface area contributed by atoms with Crippen LogP contribution in [0.2, 0.25) is 0 Å². The lowest BCUT2D eigenvalue weighted by molar-refractivity contribution is -0.274. The molecular formula is C13H7F5O2. The number of benzene rings is 2. The lowest BCUT2D eigenvalue weighted by Gasteiger charge is -2.11. The SMILES string of the molecule is Oc1cc(OC(F)(F)F)cc(-c2c(F)cccc2F)c1. The van der Waals surface area contributed by atoms with Crippen molar-refractivity contribution in [3.8, 4) is 22.6 Å². The highest BCUT2D eigenvalue weighted by Gasteiger charge is 2.31. The van der Waals surface area contributed by atoms with Crippen LogP contribution in [0.25, 0.3) is 11.1 Å². The molecule has 1 N–H and O–H groups in total. The minimum atomic E-state index is -4.97. The van der Waals surface area contributed by atoms with Crippen LogP contribution in [0.5, 0.6) is 11.5 Å². The maximum absolute atomic E-state index is 13.6. The molecule has 0 amide bonds. The van der Waals surface area contributed by atoms with Gasteiger partial charge in [-0.3, -0.25) is 0 Å². The van der Waals surface area contributed by atoms with Gasteiger partial charge in [0, 0.05) is 6.07 Å². The van der Waals surface area contributed by atoms with Crippen molar-refractivity contribution in [2.24, 2.45) is 0 Å². The molecule has 0 aliphatic heterocycles. The van der Waals surface area contributed by atoms with E-state index < -0.39 is 35.1 Å². The van der Waals surface area contributed by atoms with Gasteiger partial charge in [-0.05, 0) is 29.8 Å². The van der Waals surface area contributed by atoms with E-state index in [2.05, 4.69) is 4.74 Å². The number of phenolic OH excluding ortho intramolecular Hbond substituents is 1. The van der Waals surface area contributed by atoms with Crippen LogP contribution in [0.15, 0.2) is 36.4 Å². The van der Waals surface area contributed by atoms with E-state index in [1.54, 1.807) is 0 Å². The first kappa shape index (κ1) is 14.1. The summed E-state index contributed by atoms with van der Waals surface area (Å²) in [6.07, 6.45) is -4.97. The molecule has 0 saturated carbocycles. The molecule has 0 aromatic heterocycles. The minimum absolute atomic E-state index is 0.264. The molecule has 2 nitrogen and oxygen atoms in total. The van der Waals surface area contributed by atoms with Crippen molar-refractivity contribution in [3.63, 3.8) is 0 Å². The van der Waals surface area contributed by atoms with Gasteiger partial charge in [0.2, 0.25) is 0 Å². The van der Waals surface area contributed by atoms with Crippen molar-refractivity contribution in [2.75, 3.05) is 0 Å². The first-order valence-corrected chi connectivity index (χ1v) is 5.30. The zero-order chi connectivity index (χ0) is 14.9. The van der Waals surface area contributed by atoms with Crippen LogP contribution < -0.4 is 4.74 Å². The highest BCUT2D eigenvalue weighted by atomic mass is 19.4. The molecule has 0 bridgehead atoms. The molecule has 2 rings (SSSR count). The zero-order valence-electron chi connectivity index (χ0n) is 9.71. The highest BCUT2D eigenvalue weighted by Crippen LogP contribution is 2.34. The summed E-state index contributed by atoms with van der Waals surface area (Å²) < 4.78 is 67.1. The van der Waals surface area contributed by atoms with E-state index >= 15 is 0 Å². The Morgan fingerprint density at radius 2 is 1.55 bits per heavy atom. The van der Waals surface area contributed by atoms with Crippen LogP contribution in [0, 0.1) is 11.6 Å². The van der Waals surface area contributed by atoms with Gasteiger partial charge in [0.25, 0.3) is 0 Å². The van der Waals surface area contributed by atoms with Crippen molar-refractivity contribution < 1.29 is 31.8 Å². The number of alkyl halides is 3. The van der Waals surface area contributed by atoms with Gasteiger partial charge >= 0.3 is 6.36 Å².